The van der Waals surface area contributed by atoms with Crippen LogP contribution in [0.15, 0.2) is 52.3 Å². The van der Waals surface area contributed by atoms with Gasteiger partial charge in [-0.05, 0) is 30.4 Å². The van der Waals surface area contributed by atoms with Crippen LogP contribution < -0.4 is 21.3 Å². The lowest BCUT2D eigenvalue weighted by atomic mass is 10.1. The molecule has 140 valence electrons. The maximum Gasteiger partial charge on any atom is 0.293 e. The minimum Gasteiger partial charge on any atom is -0.350 e. The Kier molecular flexibility index (Phi) is 4.77. The first-order chi connectivity index (χ1) is 13.1. The molecular formula is C20H23N5O2. The van der Waals surface area contributed by atoms with Crippen LogP contribution >= 0.6 is 0 Å². The number of nitrogens with zero attached hydrogens (tertiary/aromatic N) is 3. The molecule has 7 heteroatoms. The maximum absolute atomic E-state index is 12.3. The summed E-state index contributed by atoms with van der Waals surface area (Å²) in [6.07, 6.45) is 5.31. The molecule has 3 aromatic rings. The van der Waals surface area contributed by atoms with Crippen LogP contribution in [0, 0.1) is 0 Å². The Morgan fingerprint density at radius 1 is 1.30 bits per heavy atom. The summed E-state index contributed by atoms with van der Waals surface area (Å²) < 4.78 is 1.55. The molecule has 0 saturated carbocycles. The highest BCUT2D eigenvalue weighted by atomic mass is 16.1. The van der Waals surface area contributed by atoms with Crippen molar-refractivity contribution in [3.05, 3.63) is 69.0 Å². The molecule has 1 fully saturated rings. The molecule has 0 bridgehead atoms. The van der Waals surface area contributed by atoms with Crippen molar-refractivity contribution >= 4 is 16.7 Å². The first-order valence-corrected chi connectivity index (χ1v) is 9.23. The van der Waals surface area contributed by atoms with E-state index in [1.807, 2.05) is 35.2 Å². The zero-order valence-corrected chi connectivity index (χ0v) is 15.3. The molecule has 0 unspecified atom stereocenters. The fraction of sp³-hybridized carbons (Fsp3) is 0.350. The average molecular weight is 365 g/mol. The van der Waals surface area contributed by atoms with Gasteiger partial charge in [0.2, 0.25) is 0 Å². The van der Waals surface area contributed by atoms with E-state index in [9.17, 15) is 9.59 Å². The van der Waals surface area contributed by atoms with Gasteiger partial charge in [-0.1, -0.05) is 18.2 Å². The van der Waals surface area contributed by atoms with Gasteiger partial charge in [0, 0.05) is 56.2 Å². The van der Waals surface area contributed by atoms with Gasteiger partial charge in [0.25, 0.3) is 11.1 Å². The van der Waals surface area contributed by atoms with Crippen LogP contribution in [0.25, 0.3) is 10.9 Å². The number of fused-ring (bicyclic) bond motifs is 1. The molecule has 3 heterocycles. The molecule has 27 heavy (non-hydrogen) atoms. The van der Waals surface area contributed by atoms with E-state index in [-0.39, 0.29) is 17.2 Å². The summed E-state index contributed by atoms with van der Waals surface area (Å²) in [5.74, 6) is 0.495. The van der Waals surface area contributed by atoms with Crippen molar-refractivity contribution in [2.75, 3.05) is 18.0 Å². The van der Waals surface area contributed by atoms with Gasteiger partial charge < -0.3 is 19.8 Å². The van der Waals surface area contributed by atoms with Gasteiger partial charge in [-0.2, -0.15) is 0 Å². The molecule has 0 aliphatic carbocycles. The van der Waals surface area contributed by atoms with E-state index >= 15 is 0 Å². The largest absolute Gasteiger partial charge is 0.350 e. The standard InChI is InChI=1S/C20H23N5O2/c1-24-10-8-21-18(20(24)27)25-9-4-6-16(13-25)22-12-15-11-14-5-2-3-7-17(14)23-19(15)26/h2-3,5,7-8,10-11,16,22H,4,6,9,12-13H2,1H3,(H,23,26)/t16-/m0/s1. The first-order valence-electron chi connectivity index (χ1n) is 9.23. The second kappa shape index (κ2) is 7.36. The number of pyridine rings is 1. The molecule has 2 aromatic heterocycles. The van der Waals surface area contributed by atoms with E-state index in [2.05, 4.69) is 15.3 Å². The Bertz CT molecular complexity index is 1070. The molecule has 4 rings (SSSR count). The van der Waals surface area contributed by atoms with E-state index in [1.165, 1.54) is 0 Å². The van der Waals surface area contributed by atoms with Crippen molar-refractivity contribution in [1.29, 1.82) is 0 Å². The third-order valence-electron chi connectivity index (χ3n) is 5.13. The van der Waals surface area contributed by atoms with E-state index in [1.54, 1.807) is 24.0 Å². The summed E-state index contributed by atoms with van der Waals surface area (Å²) in [7, 11) is 1.74. The molecule has 1 aromatic carbocycles. The number of hydrogen-bond acceptors (Lipinski definition) is 5. The minimum absolute atomic E-state index is 0.0625. The highest BCUT2D eigenvalue weighted by Gasteiger charge is 2.23. The Morgan fingerprint density at radius 2 is 2.15 bits per heavy atom. The molecule has 2 N–H and O–H groups in total. The van der Waals surface area contributed by atoms with Crippen LogP contribution in [-0.2, 0) is 13.6 Å². The van der Waals surface area contributed by atoms with Crippen LogP contribution in [0.3, 0.4) is 0 Å². The number of nitrogens with one attached hydrogen (secondary N) is 2. The topological polar surface area (TPSA) is 83.0 Å². The fourth-order valence-electron chi connectivity index (χ4n) is 3.62. The van der Waals surface area contributed by atoms with Gasteiger partial charge in [0.1, 0.15) is 0 Å². The predicted molar refractivity (Wildman–Crippen MR) is 106 cm³/mol. The van der Waals surface area contributed by atoms with E-state index in [0.717, 1.165) is 35.9 Å². The molecule has 1 aliphatic rings. The van der Waals surface area contributed by atoms with Gasteiger partial charge in [-0.25, -0.2) is 4.98 Å². The van der Waals surface area contributed by atoms with Crippen molar-refractivity contribution in [2.24, 2.45) is 7.05 Å². The fourth-order valence-corrected chi connectivity index (χ4v) is 3.62. The average Bonchev–Trinajstić information content (AvgIpc) is 2.68. The van der Waals surface area contributed by atoms with Crippen LogP contribution in [0.1, 0.15) is 18.4 Å². The van der Waals surface area contributed by atoms with Gasteiger partial charge in [-0.3, -0.25) is 9.59 Å². The van der Waals surface area contributed by atoms with Gasteiger partial charge in [-0.15, -0.1) is 0 Å². The Hall–Kier alpha value is -2.93. The van der Waals surface area contributed by atoms with E-state index in [4.69, 9.17) is 0 Å². The molecule has 1 aliphatic heterocycles. The van der Waals surface area contributed by atoms with Gasteiger partial charge >= 0.3 is 0 Å². The molecule has 0 radical (unpaired) electrons. The summed E-state index contributed by atoms with van der Waals surface area (Å²) in [4.78, 5) is 33.9. The van der Waals surface area contributed by atoms with Crippen LogP contribution in [0.2, 0.25) is 0 Å². The smallest absolute Gasteiger partial charge is 0.293 e. The number of anilines is 1. The number of aromatic amines is 1. The summed E-state index contributed by atoms with van der Waals surface area (Å²) in [6.45, 7) is 2.03. The molecule has 1 atom stereocenters. The third-order valence-corrected chi connectivity index (χ3v) is 5.13. The highest BCUT2D eigenvalue weighted by molar-refractivity contribution is 5.78. The lowest BCUT2D eigenvalue weighted by Gasteiger charge is -2.33. The SMILES string of the molecule is Cn1ccnc(N2CCC[C@H](NCc3cc4ccccc4[nH]c3=O)C2)c1=O. The van der Waals surface area contributed by atoms with E-state index < -0.39 is 0 Å². The summed E-state index contributed by atoms with van der Waals surface area (Å²) in [5, 5.41) is 4.50. The van der Waals surface area contributed by atoms with Gasteiger partial charge in [0.15, 0.2) is 5.82 Å². The quantitative estimate of drug-likeness (QED) is 0.730. The molecular weight excluding hydrogens is 342 g/mol. The van der Waals surface area contributed by atoms with Crippen LogP contribution in [-0.4, -0.2) is 33.7 Å². The molecule has 7 nitrogen and oxygen atoms in total. The first kappa shape index (κ1) is 17.5. The lowest BCUT2D eigenvalue weighted by Crippen LogP contribution is -2.48. The minimum atomic E-state index is -0.0795. The molecule has 1 saturated heterocycles. The van der Waals surface area contributed by atoms with Crippen LogP contribution in [0.4, 0.5) is 5.82 Å². The van der Waals surface area contributed by atoms with E-state index in [0.29, 0.717) is 18.9 Å². The Morgan fingerprint density at radius 3 is 3.04 bits per heavy atom. The zero-order valence-electron chi connectivity index (χ0n) is 15.3. The Labute approximate surface area is 156 Å². The third kappa shape index (κ3) is 3.64. The van der Waals surface area contributed by atoms with Crippen molar-refractivity contribution < 1.29 is 0 Å². The summed E-state index contributed by atoms with van der Waals surface area (Å²) in [6, 6.07) is 9.92. The molecule has 0 spiro atoms. The lowest BCUT2D eigenvalue weighted by molar-refractivity contribution is 0.418. The molecule has 0 amide bonds. The maximum atomic E-state index is 12.3. The van der Waals surface area contributed by atoms with Crippen molar-refractivity contribution in [3.63, 3.8) is 0 Å². The summed E-state index contributed by atoms with van der Waals surface area (Å²) >= 11 is 0. The van der Waals surface area contributed by atoms with Crippen molar-refractivity contribution in [1.82, 2.24) is 19.9 Å². The summed E-state index contributed by atoms with van der Waals surface area (Å²) in [5.41, 5.74) is 1.43. The number of para-hydroxylation sites is 1. The van der Waals surface area contributed by atoms with Crippen LogP contribution in [0.5, 0.6) is 0 Å². The predicted octanol–water partition coefficient (Wildman–Crippen LogP) is 1.38. The number of benzene rings is 1. The number of H-pyrrole nitrogens is 1. The van der Waals surface area contributed by atoms with Crippen molar-refractivity contribution in [3.8, 4) is 0 Å². The van der Waals surface area contributed by atoms with Crippen molar-refractivity contribution in [2.45, 2.75) is 25.4 Å². The van der Waals surface area contributed by atoms with Gasteiger partial charge in [0.05, 0.1) is 0 Å². The number of rotatable bonds is 4. The zero-order chi connectivity index (χ0) is 18.8. The normalized spacial score (nSPS) is 17.4. The Balaban J connectivity index is 1.47. The number of hydrogen-bond donors (Lipinski definition) is 2. The number of aromatic nitrogens is 3. The number of aryl methyl sites for hydroxylation is 1. The number of piperidine rings is 1. The second-order valence-electron chi connectivity index (χ2n) is 7.04. The monoisotopic (exact) mass is 365 g/mol. The second-order valence-corrected chi connectivity index (χ2v) is 7.04. The highest BCUT2D eigenvalue weighted by Crippen LogP contribution is 2.15.